The Bertz CT molecular complexity index is 1420. The van der Waals surface area contributed by atoms with Crippen LogP contribution in [-0.4, -0.2) is 22.6 Å². The molecule has 3 atom stereocenters. The Morgan fingerprint density at radius 2 is 1.47 bits per heavy atom. The lowest BCUT2D eigenvalue weighted by Crippen LogP contribution is -2.53. The van der Waals surface area contributed by atoms with Gasteiger partial charge in [-0.2, -0.15) is 0 Å². The first-order valence-corrected chi connectivity index (χ1v) is 16.1. The molecule has 0 saturated heterocycles. The van der Waals surface area contributed by atoms with E-state index in [9.17, 15) is 14.7 Å². The second-order valence-electron chi connectivity index (χ2n) is 13.5. The van der Waals surface area contributed by atoms with E-state index in [1.165, 1.54) is 0 Å². The molecule has 0 heterocycles. The lowest BCUT2D eigenvalue weighted by molar-refractivity contribution is -0.197. The quantitative estimate of drug-likeness (QED) is 0.214. The molecule has 1 aliphatic carbocycles. The van der Waals surface area contributed by atoms with Crippen LogP contribution in [-0.2, 0) is 24.7 Å². The highest BCUT2D eigenvalue weighted by molar-refractivity contribution is 5.89. The number of benzene rings is 3. The highest BCUT2D eigenvalue weighted by Gasteiger charge is 2.58. The number of hydrogen-bond acceptors (Lipinski definition) is 5. The molecule has 0 spiro atoms. The molecule has 232 valence electrons. The zero-order valence-corrected chi connectivity index (χ0v) is 27.2. The van der Waals surface area contributed by atoms with Crippen molar-refractivity contribution in [2.45, 2.75) is 117 Å². The Hall–Kier alpha value is -3.34. The number of carbonyl (C=O) groups excluding carboxylic acids is 2. The summed E-state index contributed by atoms with van der Waals surface area (Å²) in [6, 6.07) is 21.3. The van der Waals surface area contributed by atoms with Gasteiger partial charge in [-0.25, -0.2) is 0 Å². The summed E-state index contributed by atoms with van der Waals surface area (Å²) in [6.45, 7) is 13.8. The van der Waals surface area contributed by atoms with Crippen molar-refractivity contribution in [2.75, 3.05) is 0 Å². The largest absolute Gasteiger partial charge is 0.508 e. The van der Waals surface area contributed by atoms with Gasteiger partial charge in [-0.05, 0) is 119 Å². The van der Waals surface area contributed by atoms with Crippen LogP contribution in [0.25, 0.3) is 10.8 Å². The number of esters is 2. The van der Waals surface area contributed by atoms with Crippen LogP contribution >= 0.6 is 0 Å². The fourth-order valence-electron chi connectivity index (χ4n) is 6.89. The number of fused-ring (bicyclic) bond motifs is 1. The summed E-state index contributed by atoms with van der Waals surface area (Å²) < 4.78 is 12.8. The maximum absolute atomic E-state index is 14.6. The predicted molar refractivity (Wildman–Crippen MR) is 173 cm³/mol. The van der Waals surface area contributed by atoms with E-state index in [-0.39, 0.29) is 23.6 Å². The molecular formula is C38H50O5. The van der Waals surface area contributed by atoms with E-state index in [2.05, 4.69) is 26.0 Å². The summed E-state index contributed by atoms with van der Waals surface area (Å²) in [5.74, 6) is -0.475. The standard InChI is InChI=1S/C38H50O5/c1-8-27(28-18-19-30-25-32(39)21-20-29(30)24-28)26-37(7,34(41)42-35(4,5)31-16-12-11-13-17-31)36(6,9-2)33(40)43-38(10-3)22-14-15-23-38/h11-13,16-21,24-25,27,39H,8-10,14-15,22-23,26H2,1-7H3. The Labute approximate surface area is 258 Å². The summed E-state index contributed by atoms with van der Waals surface area (Å²) in [6.07, 6.45) is 6.24. The minimum absolute atomic E-state index is 0.0131. The number of phenolic OH excluding ortho intramolecular Hbond substituents is 1. The fraction of sp³-hybridized carbons (Fsp3) is 0.526. The molecule has 3 unspecified atom stereocenters. The van der Waals surface area contributed by atoms with E-state index in [1.54, 1.807) is 12.1 Å². The first-order valence-electron chi connectivity index (χ1n) is 16.1. The molecule has 1 N–H and O–H groups in total. The average Bonchev–Trinajstić information content (AvgIpc) is 3.48. The number of ether oxygens (including phenoxy) is 2. The summed E-state index contributed by atoms with van der Waals surface area (Å²) in [5, 5.41) is 11.9. The number of carbonyl (C=O) groups is 2. The van der Waals surface area contributed by atoms with Crippen LogP contribution in [0.3, 0.4) is 0 Å². The van der Waals surface area contributed by atoms with Crippen LogP contribution in [0.1, 0.15) is 117 Å². The van der Waals surface area contributed by atoms with Crippen LogP contribution < -0.4 is 0 Å². The third-order valence-electron chi connectivity index (χ3n) is 10.6. The van der Waals surface area contributed by atoms with Crippen LogP contribution in [0.5, 0.6) is 5.75 Å². The van der Waals surface area contributed by atoms with Crippen LogP contribution in [0.15, 0.2) is 66.7 Å². The first kappa shape index (κ1) is 32.6. The van der Waals surface area contributed by atoms with Gasteiger partial charge >= 0.3 is 11.9 Å². The van der Waals surface area contributed by atoms with Gasteiger partial charge in [-0.3, -0.25) is 9.59 Å². The highest BCUT2D eigenvalue weighted by atomic mass is 16.6. The summed E-state index contributed by atoms with van der Waals surface area (Å²) in [4.78, 5) is 29.0. The lowest BCUT2D eigenvalue weighted by Gasteiger charge is -2.46. The van der Waals surface area contributed by atoms with Gasteiger partial charge in [0.05, 0.1) is 10.8 Å². The van der Waals surface area contributed by atoms with Gasteiger partial charge in [0, 0.05) is 0 Å². The van der Waals surface area contributed by atoms with Gasteiger partial charge in [-0.15, -0.1) is 0 Å². The van der Waals surface area contributed by atoms with E-state index >= 15 is 0 Å². The summed E-state index contributed by atoms with van der Waals surface area (Å²) in [7, 11) is 0. The fourth-order valence-corrected chi connectivity index (χ4v) is 6.89. The van der Waals surface area contributed by atoms with Crippen molar-refractivity contribution in [1.29, 1.82) is 0 Å². The van der Waals surface area contributed by atoms with Crippen molar-refractivity contribution in [2.24, 2.45) is 10.8 Å². The first-order chi connectivity index (χ1) is 20.3. The molecule has 5 heteroatoms. The van der Waals surface area contributed by atoms with E-state index < -0.39 is 22.0 Å². The summed E-state index contributed by atoms with van der Waals surface area (Å²) >= 11 is 0. The van der Waals surface area contributed by atoms with Crippen molar-refractivity contribution in [3.8, 4) is 5.75 Å². The molecule has 0 bridgehead atoms. The van der Waals surface area contributed by atoms with Gasteiger partial charge in [-0.1, -0.05) is 75.4 Å². The molecule has 0 amide bonds. The Kier molecular flexibility index (Phi) is 9.63. The number of rotatable bonds is 12. The average molecular weight is 587 g/mol. The normalized spacial score (nSPS) is 18.4. The monoisotopic (exact) mass is 586 g/mol. The van der Waals surface area contributed by atoms with Crippen molar-refractivity contribution >= 4 is 22.7 Å². The molecule has 0 radical (unpaired) electrons. The van der Waals surface area contributed by atoms with E-state index in [4.69, 9.17) is 9.47 Å². The van der Waals surface area contributed by atoms with E-state index in [0.717, 1.165) is 60.4 Å². The van der Waals surface area contributed by atoms with Crippen molar-refractivity contribution in [3.63, 3.8) is 0 Å². The Morgan fingerprint density at radius 3 is 2.07 bits per heavy atom. The molecule has 1 fully saturated rings. The molecule has 3 aromatic rings. The van der Waals surface area contributed by atoms with Crippen molar-refractivity contribution < 1.29 is 24.2 Å². The molecule has 43 heavy (non-hydrogen) atoms. The Balaban J connectivity index is 1.77. The molecule has 4 rings (SSSR count). The second-order valence-corrected chi connectivity index (χ2v) is 13.5. The molecule has 0 aliphatic heterocycles. The number of phenols is 1. The molecule has 5 nitrogen and oxygen atoms in total. The topological polar surface area (TPSA) is 72.8 Å². The van der Waals surface area contributed by atoms with Gasteiger partial charge < -0.3 is 14.6 Å². The molecule has 3 aromatic carbocycles. The molecule has 1 aliphatic rings. The zero-order valence-electron chi connectivity index (χ0n) is 27.2. The highest BCUT2D eigenvalue weighted by Crippen LogP contribution is 2.53. The number of aromatic hydroxyl groups is 1. The zero-order chi connectivity index (χ0) is 31.5. The summed E-state index contributed by atoms with van der Waals surface area (Å²) in [5.41, 5.74) is -1.65. The SMILES string of the molecule is CCC(CC(C)(C(=O)OC(C)(C)c1ccccc1)C(C)(CC)C(=O)OC1(CC)CCCC1)c1ccc2cc(O)ccc2c1. The maximum Gasteiger partial charge on any atom is 0.313 e. The smallest absolute Gasteiger partial charge is 0.313 e. The lowest BCUT2D eigenvalue weighted by atomic mass is 9.59. The van der Waals surface area contributed by atoms with Crippen LogP contribution in [0, 0.1) is 10.8 Å². The third-order valence-corrected chi connectivity index (χ3v) is 10.6. The maximum atomic E-state index is 14.6. The van der Waals surface area contributed by atoms with Crippen molar-refractivity contribution in [1.82, 2.24) is 0 Å². The van der Waals surface area contributed by atoms with Gasteiger partial charge in [0.2, 0.25) is 0 Å². The molecule has 1 saturated carbocycles. The van der Waals surface area contributed by atoms with E-state index in [1.807, 2.05) is 77.1 Å². The Morgan fingerprint density at radius 1 is 0.837 bits per heavy atom. The van der Waals surface area contributed by atoms with E-state index in [0.29, 0.717) is 12.8 Å². The predicted octanol–water partition coefficient (Wildman–Crippen LogP) is 9.60. The minimum atomic E-state index is -1.18. The minimum Gasteiger partial charge on any atom is -0.508 e. The third kappa shape index (κ3) is 6.46. The molecule has 0 aromatic heterocycles. The number of hydrogen-bond donors (Lipinski definition) is 1. The van der Waals surface area contributed by atoms with Gasteiger partial charge in [0.15, 0.2) is 0 Å². The molecular weight excluding hydrogens is 536 g/mol. The second kappa shape index (κ2) is 12.7. The van der Waals surface area contributed by atoms with Gasteiger partial charge in [0.25, 0.3) is 0 Å². The van der Waals surface area contributed by atoms with Crippen LogP contribution in [0.4, 0.5) is 0 Å². The van der Waals surface area contributed by atoms with Crippen LogP contribution in [0.2, 0.25) is 0 Å². The van der Waals surface area contributed by atoms with Crippen molar-refractivity contribution in [3.05, 3.63) is 77.9 Å². The van der Waals surface area contributed by atoms with Gasteiger partial charge in [0.1, 0.15) is 17.0 Å².